The molecular weight excluding hydrogens is 272 g/mol. The lowest BCUT2D eigenvalue weighted by Crippen LogP contribution is -2.49. The van der Waals surface area contributed by atoms with E-state index in [4.69, 9.17) is 15.6 Å². The first-order valence-electron chi connectivity index (χ1n) is 7.08. The lowest BCUT2D eigenvalue weighted by molar-refractivity contribution is -0.124. The Labute approximate surface area is 123 Å². The van der Waals surface area contributed by atoms with Crippen molar-refractivity contribution in [1.29, 1.82) is 0 Å². The Morgan fingerprint density at radius 1 is 1.33 bits per heavy atom. The fraction of sp³-hybridized carbons (Fsp3) is 0.467. The Balaban J connectivity index is 1.92. The van der Waals surface area contributed by atoms with Crippen molar-refractivity contribution in [2.75, 3.05) is 19.7 Å². The molecular formula is C15H20N2O4. The lowest BCUT2D eigenvalue weighted by atomic mass is 10.0. The van der Waals surface area contributed by atoms with Crippen LogP contribution in [0, 0.1) is 0 Å². The number of amides is 1. The molecule has 1 amide bonds. The first-order chi connectivity index (χ1) is 10.1. The molecule has 1 aromatic carbocycles. The van der Waals surface area contributed by atoms with E-state index in [1.54, 1.807) is 18.2 Å². The molecule has 1 heterocycles. The van der Waals surface area contributed by atoms with Crippen molar-refractivity contribution in [2.45, 2.75) is 25.3 Å². The van der Waals surface area contributed by atoms with Crippen LogP contribution in [0.3, 0.4) is 0 Å². The lowest BCUT2D eigenvalue weighted by Gasteiger charge is -2.33. The maximum absolute atomic E-state index is 11.4. The predicted molar refractivity (Wildman–Crippen MR) is 77.3 cm³/mol. The van der Waals surface area contributed by atoms with E-state index < -0.39 is 5.97 Å². The summed E-state index contributed by atoms with van der Waals surface area (Å²) < 4.78 is 5.55. The zero-order valence-electron chi connectivity index (χ0n) is 11.8. The minimum Gasteiger partial charge on any atom is -0.491 e. The number of hydrogen-bond donors (Lipinski definition) is 2. The topological polar surface area (TPSA) is 92.9 Å². The Hall–Kier alpha value is -2.08. The molecule has 1 aromatic rings. The number of primary amides is 1. The molecule has 6 nitrogen and oxygen atoms in total. The van der Waals surface area contributed by atoms with Crippen molar-refractivity contribution in [1.82, 2.24) is 4.90 Å². The number of aromatic carboxylic acids is 1. The quantitative estimate of drug-likeness (QED) is 0.819. The summed E-state index contributed by atoms with van der Waals surface area (Å²) in [6.45, 7) is 1.70. The maximum atomic E-state index is 11.4. The van der Waals surface area contributed by atoms with Crippen LogP contribution in [0.25, 0.3) is 0 Å². The molecule has 0 spiro atoms. The van der Waals surface area contributed by atoms with Crippen molar-refractivity contribution in [3.8, 4) is 5.75 Å². The number of nitrogens with zero attached hydrogens (tertiary/aromatic N) is 1. The van der Waals surface area contributed by atoms with Crippen LogP contribution in [0.15, 0.2) is 24.3 Å². The number of hydrogen-bond acceptors (Lipinski definition) is 4. The van der Waals surface area contributed by atoms with Crippen LogP contribution in [-0.4, -0.2) is 47.6 Å². The van der Waals surface area contributed by atoms with Gasteiger partial charge in [-0.25, -0.2) is 4.79 Å². The molecule has 114 valence electrons. The highest BCUT2D eigenvalue weighted by molar-refractivity contribution is 5.90. The van der Waals surface area contributed by atoms with Crippen LogP contribution in [0.1, 0.15) is 29.6 Å². The third-order valence-corrected chi connectivity index (χ3v) is 3.70. The highest BCUT2D eigenvalue weighted by Gasteiger charge is 2.26. The van der Waals surface area contributed by atoms with Gasteiger partial charge >= 0.3 is 5.97 Å². The van der Waals surface area contributed by atoms with Gasteiger partial charge in [0.15, 0.2) is 0 Å². The van der Waals surface area contributed by atoms with Crippen molar-refractivity contribution < 1.29 is 19.4 Å². The average Bonchev–Trinajstić information content (AvgIpc) is 2.48. The number of para-hydroxylation sites is 1. The number of carbonyl (C=O) groups excluding carboxylic acids is 1. The molecule has 21 heavy (non-hydrogen) atoms. The van der Waals surface area contributed by atoms with Gasteiger partial charge in [0.05, 0.1) is 6.04 Å². The zero-order chi connectivity index (χ0) is 15.2. The van der Waals surface area contributed by atoms with Gasteiger partial charge in [0, 0.05) is 6.54 Å². The summed E-state index contributed by atoms with van der Waals surface area (Å²) in [6, 6.07) is 6.28. The first kappa shape index (κ1) is 15.3. The van der Waals surface area contributed by atoms with Crippen LogP contribution in [0.4, 0.5) is 0 Å². The summed E-state index contributed by atoms with van der Waals surface area (Å²) in [5.74, 6) is -0.975. The summed E-state index contributed by atoms with van der Waals surface area (Å²) in [6.07, 6.45) is 2.82. The van der Waals surface area contributed by atoms with E-state index in [-0.39, 0.29) is 17.5 Å². The molecule has 1 aliphatic heterocycles. The summed E-state index contributed by atoms with van der Waals surface area (Å²) >= 11 is 0. The van der Waals surface area contributed by atoms with Crippen molar-refractivity contribution in [3.05, 3.63) is 29.8 Å². The van der Waals surface area contributed by atoms with Crippen LogP contribution in [0.5, 0.6) is 5.75 Å². The average molecular weight is 292 g/mol. The molecule has 0 aromatic heterocycles. The molecule has 3 N–H and O–H groups in total. The minimum atomic E-state index is -1.02. The molecule has 0 saturated carbocycles. The van der Waals surface area contributed by atoms with Crippen molar-refractivity contribution >= 4 is 11.9 Å². The number of ether oxygens (including phenoxy) is 1. The van der Waals surface area contributed by atoms with E-state index in [0.717, 1.165) is 25.8 Å². The molecule has 1 saturated heterocycles. The Kier molecular flexibility index (Phi) is 5.16. The number of benzene rings is 1. The van der Waals surface area contributed by atoms with Crippen molar-refractivity contribution in [2.24, 2.45) is 5.73 Å². The van der Waals surface area contributed by atoms with Crippen molar-refractivity contribution in [3.63, 3.8) is 0 Å². The molecule has 1 unspecified atom stereocenters. The summed E-state index contributed by atoms with van der Waals surface area (Å²) in [5, 5.41) is 9.08. The normalized spacial score (nSPS) is 19.1. The van der Waals surface area contributed by atoms with Gasteiger partial charge in [0.1, 0.15) is 17.9 Å². The van der Waals surface area contributed by atoms with Gasteiger partial charge in [-0.3, -0.25) is 9.69 Å². The number of piperidine rings is 1. The maximum Gasteiger partial charge on any atom is 0.339 e. The summed E-state index contributed by atoms with van der Waals surface area (Å²) in [4.78, 5) is 24.5. The standard InChI is InChI=1S/C15H20N2O4/c16-14(18)12-6-3-4-8-17(12)9-10-21-13-7-2-1-5-11(13)15(19)20/h1-2,5,7,12H,3-4,6,8-10H2,(H2,16,18)(H,19,20). The monoisotopic (exact) mass is 292 g/mol. The van der Waals surface area contributed by atoms with Gasteiger partial charge in [-0.15, -0.1) is 0 Å². The largest absolute Gasteiger partial charge is 0.491 e. The number of carboxylic acids is 1. The zero-order valence-corrected chi connectivity index (χ0v) is 11.8. The Bertz CT molecular complexity index is 518. The molecule has 1 aliphatic rings. The van der Waals surface area contributed by atoms with Crippen LogP contribution >= 0.6 is 0 Å². The second kappa shape index (κ2) is 7.08. The van der Waals surface area contributed by atoms with E-state index >= 15 is 0 Å². The minimum absolute atomic E-state index is 0.141. The number of carbonyl (C=O) groups is 2. The highest BCUT2D eigenvalue weighted by Crippen LogP contribution is 2.19. The van der Waals surface area contributed by atoms with Gasteiger partial charge in [-0.05, 0) is 31.5 Å². The predicted octanol–water partition coefficient (Wildman–Crippen LogP) is 1.10. The molecule has 0 bridgehead atoms. The highest BCUT2D eigenvalue weighted by atomic mass is 16.5. The Morgan fingerprint density at radius 2 is 2.10 bits per heavy atom. The van der Waals surface area contributed by atoms with Gasteiger partial charge in [-0.1, -0.05) is 18.6 Å². The van der Waals surface area contributed by atoms with E-state index in [2.05, 4.69) is 0 Å². The Morgan fingerprint density at radius 3 is 2.81 bits per heavy atom. The fourth-order valence-electron chi connectivity index (χ4n) is 2.62. The van der Waals surface area contributed by atoms with E-state index in [0.29, 0.717) is 18.9 Å². The van der Waals surface area contributed by atoms with E-state index in [1.807, 2.05) is 4.90 Å². The molecule has 0 aliphatic carbocycles. The number of carboxylic acid groups (broad SMARTS) is 1. The molecule has 6 heteroatoms. The fourth-order valence-corrected chi connectivity index (χ4v) is 2.62. The van der Waals surface area contributed by atoms with Gasteiger partial charge in [0.25, 0.3) is 0 Å². The summed E-state index contributed by atoms with van der Waals surface area (Å²) in [5.41, 5.74) is 5.55. The smallest absolute Gasteiger partial charge is 0.339 e. The number of nitrogens with two attached hydrogens (primary N) is 1. The second-order valence-electron chi connectivity index (χ2n) is 5.10. The van der Waals surface area contributed by atoms with Gasteiger partial charge in [0.2, 0.25) is 5.91 Å². The van der Waals surface area contributed by atoms with Crippen LogP contribution < -0.4 is 10.5 Å². The summed E-state index contributed by atoms with van der Waals surface area (Å²) in [7, 11) is 0. The SMILES string of the molecule is NC(=O)C1CCCCN1CCOc1ccccc1C(=O)O. The van der Waals surface area contributed by atoms with E-state index in [1.165, 1.54) is 6.07 Å². The third-order valence-electron chi connectivity index (χ3n) is 3.70. The molecule has 2 rings (SSSR count). The molecule has 1 fully saturated rings. The number of likely N-dealkylation sites (tertiary alicyclic amines) is 1. The molecule has 1 atom stereocenters. The third kappa shape index (κ3) is 3.95. The number of rotatable bonds is 6. The second-order valence-corrected chi connectivity index (χ2v) is 5.10. The van der Waals surface area contributed by atoms with Gasteiger partial charge in [-0.2, -0.15) is 0 Å². The van der Waals surface area contributed by atoms with Crippen LogP contribution in [-0.2, 0) is 4.79 Å². The van der Waals surface area contributed by atoms with Gasteiger partial charge < -0.3 is 15.6 Å². The van der Waals surface area contributed by atoms with Crippen LogP contribution in [0.2, 0.25) is 0 Å². The molecule has 0 radical (unpaired) electrons. The first-order valence-corrected chi connectivity index (χ1v) is 7.08. The van der Waals surface area contributed by atoms with E-state index in [9.17, 15) is 9.59 Å².